The molecular formula is C11H16N2O3S. The molecule has 2 N–H and O–H groups in total. The zero-order chi connectivity index (χ0) is 12.3. The Morgan fingerprint density at radius 2 is 2.47 bits per heavy atom. The van der Waals surface area contributed by atoms with Crippen molar-refractivity contribution < 1.29 is 14.6 Å². The van der Waals surface area contributed by atoms with Crippen molar-refractivity contribution in [3.8, 4) is 0 Å². The molecule has 0 radical (unpaired) electrons. The van der Waals surface area contributed by atoms with Gasteiger partial charge in [0.1, 0.15) is 10.6 Å². The minimum atomic E-state index is -0.927. The highest BCUT2D eigenvalue weighted by molar-refractivity contribution is 7.10. The molecule has 17 heavy (non-hydrogen) atoms. The summed E-state index contributed by atoms with van der Waals surface area (Å²) in [5, 5.41) is 12.8. The summed E-state index contributed by atoms with van der Waals surface area (Å²) < 4.78 is 9.64. The van der Waals surface area contributed by atoms with E-state index in [0.29, 0.717) is 17.2 Å². The van der Waals surface area contributed by atoms with E-state index in [1.807, 2.05) is 0 Å². The summed E-state index contributed by atoms with van der Waals surface area (Å²) in [6, 6.07) is 0. The van der Waals surface area contributed by atoms with Crippen LogP contribution < -0.4 is 5.32 Å². The first-order chi connectivity index (χ1) is 8.18. The largest absolute Gasteiger partial charge is 0.478 e. The molecule has 2 heterocycles. The molecule has 1 fully saturated rings. The van der Waals surface area contributed by atoms with Crippen LogP contribution in [0.15, 0.2) is 0 Å². The van der Waals surface area contributed by atoms with Crippen LogP contribution in [0.3, 0.4) is 0 Å². The number of aromatic nitrogens is 1. The molecule has 0 saturated carbocycles. The van der Waals surface area contributed by atoms with Gasteiger partial charge in [-0.1, -0.05) is 0 Å². The van der Waals surface area contributed by atoms with Crippen LogP contribution in [0.25, 0.3) is 0 Å². The zero-order valence-corrected chi connectivity index (χ0v) is 10.5. The van der Waals surface area contributed by atoms with Gasteiger partial charge in [-0.3, -0.25) is 0 Å². The smallest absolute Gasteiger partial charge is 0.340 e. The molecule has 1 unspecified atom stereocenters. The van der Waals surface area contributed by atoms with Gasteiger partial charge >= 0.3 is 5.97 Å². The number of hydrogen-bond donors (Lipinski definition) is 2. The van der Waals surface area contributed by atoms with Gasteiger partial charge in [-0.2, -0.15) is 4.37 Å². The number of aryl methyl sites for hydroxylation is 1. The van der Waals surface area contributed by atoms with Crippen LogP contribution in [-0.4, -0.2) is 34.7 Å². The van der Waals surface area contributed by atoms with Gasteiger partial charge in [0.2, 0.25) is 0 Å². The van der Waals surface area contributed by atoms with Crippen molar-refractivity contribution in [3.05, 3.63) is 11.3 Å². The van der Waals surface area contributed by atoms with Gasteiger partial charge in [0.15, 0.2) is 0 Å². The van der Waals surface area contributed by atoms with E-state index >= 15 is 0 Å². The molecule has 94 valence electrons. The topological polar surface area (TPSA) is 71.5 Å². The molecule has 1 aliphatic heterocycles. The molecule has 0 aliphatic carbocycles. The third kappa shape index (κ3) is 2.95. The second kappa shape index (κ2) is 5.46. The van der Waals surface area contributed by atoms with Crippen molar-refractivity contribution in [3.63, 3.8) is 0 Å². The van der Waals surface area contributed by atoms with Gasteiger partial charge in [0.05, 0.1) is 11.8 Å². The van der Waals surface area contributed by atoms with E-state index in [1.165, 1.54) is 18.0 Å². The van der Waals surface area contributed by atoms with Crippen LogP contribution in [0.5, 0.6) is 0 Å². The normalized spacial score (nSPS) is 20.2. The number of nitrogens with one attached hydrogen (secondary N) is 1. The van der Waals surface area contributed by atoms with Crippen molar-refractivity contribution in [2.24, 2.45) is 0 Å². The van der Waals surface area contributed by atoms with Gasteiger partial charge in [-0.05, 0) is 37.7 Å². The number of nitrogens with zero attached hydrogens (tertiary/aromatic N) is 1. The maximum Gasteiger partial charge on any atom is 0.340 e. The standard InChI is InChI=1S/C11H16N2O3S/c1-7-9(11(14)15)10(17-13-7)12-6-8-4-2-3-5-16-8/h8,12H,2-6H2,1H3,(H,14,15). The molecule has 0 amide bonds. The average molecular weight is 256 g/mol. The quantitative estimate of drug-likeness (QED) is 0.863. The minimum Gasteiger partial charge on any atom is -0.478 e. The fourth-order valence-electron chi connectivity index (χ4n) is 1.92. The number of ether oxygens (including phenoxy) is 1. The second-order valence-corrected chi connectivity index (χ2v) is 4.92. The Kier molecular flexibility index (Phi) is 3.96. The van der Waals surface area contributed by atoms with Crippen LogP contribution in [0.1, 0.15) is 35.3 Å². The second-order valence-electron chi connectivity index (χ2n) is 4.15. The molecule has 1 atom stereocenters. The van der Waals surface area contributed by atoms with Gasteiger partial charge in [0, 0.05) is 13.2 Å². The van der Waals surface area contributed by atoms with Crippen molar-refractivity contribution in [1.82, 2.24) is 4.37 Å². The first-order valence-corrected chi connectivity index (χ1v) is 6.51. The van der Waals surface area contributed by atoms with Gasteiger partial charge in [-0.25, -0.2) is 4.79 Å². The lowest BCUT2D eigenvalue weighted by molar-refractivity contribution is 0.0247. The summed E-state index contributed by atoms with van der Waals surface area (Å²) >= 11 is 1.20. The summed E-state index contributed by atoms with van der Waals surface area (Å²) in [5.41, 5.74) is 0.848. The Hall–Kier alpha value is -1.14. The maximum atomic E-state index is 11.1. The maximum absolute atomic E-state index is 11.1. The van der Waals surface area contributed by atoms with Gasteiger partial charge < -0.3 is 15.2 Å². The molecule has 5 nitrogen and oxygen atoms in total. The Bertz CT molecular complexity index is 399. The first-order valence-electron chi connectivity index (χ1n) is 5.73. The molecule has 2 rings (SSSR count). The third-order valence-electron chi connectivity index (χ3n) is 2.84. The molecule has 0 spiro atoms. The first kappa shape index (κ1) is 12.3. The highest BCUT2D eigenvalue weighted by atomic mass is 32.1. The number of rotatable bonds is 4. The van der Waals surface area contributed by atoms with E-state index in [0.717, 1.165) is 19.4 Å². The van der Waals surface area contributed by atoms with E-state index in [2.05, 4.69) is 9.69 Å². The highest BCUT2D eigenvalue weighted by Crippen LogP contribution is 2.25. The molecule has 1 saturated heterocycles. The summed E-state index contributed by atoms with van der Waals surface area (Å²) in [5.74, 6) is -0.927. The highest BCUT2D eigenvalue weighted by Gasteiger charge is 2.19. The zero-order valence-electron chi connectivity index (χ0n) is 9.73. The van der Waals surface area contributed by atoms with E-state index in [9.17, 15) is 4.79 Å². The summed E-state index contributed by atoms with van der Waals surface area (Å²) in [7, 11) is 0. The number of anilines is 1. The SMILES string of the molecule is Cc1nsc(NCC2CCCCO2)c1C(=O)O. The lowest BCUT2D eigenvalue weighted by atomic mass is 10.1. The molecule has 1 aromatic heterocycles. The minimum absolute atomic E-state index is 0.188. The number of carbonyl (C=O) groups is 1. The predicted molar refractivity (Wildman–Crippen MR) is 65.9 cm³/mol. The van der Waals surface area contributed by atoms with Crippen molar-refractivity contribution in [1.29, 1.82) is 0 Å². The molecule has 6 heteroatoms. The summed E-state index contributed by atoms with van der Waals surface area (Å²) in [6.07, 6.45) is 3.52. The van der Waals surface area contributed by atoms with Gasteiger partial charge in [0.25, 0.3) is 0 Å². The molecule has 0 aromatic carbocycles. The van der Waals surface area contributed by atoms with Crippen molar-refractivity contribution >= 4 is 22.5 Å². The van der Waals surface area contributed by atoms with Crippen LogP contribution in [-0.2, 0) is 4.74 Å². The van der Waals surface area contributed by atoms with E-state index in [-0.39, 0.29) is 11.7 Å². The monoisotopic (exact) mass is 256 g/mol. The van der Waals surface area contributed by atoms with Crippen molar-refractivity contribution in [2.45, 2.75) is 32.3 Å². The van der Waals surface area contributed by atoms with E-state index in [4.69, 9.17) is 9.84 Å². The number of aromatic carboxylic acids is 1. The molecular weight excluding hydrogens is 240 g/mol. The van der Waals surface area contributed by atoms with E-state index in [1.54, 1.807) is 6.92 Å². The van der Waals surface area contributed by atoms with Crippen LogP contribution in [0.4, 0.5) is 5.00 Å². The Morgan fingerprint density at radius 3 is 3.12 bits per heavy atom. The van der Waals surface area contributed by atoms with Crippen LogP contribution in [0.2, 0.25) is 0 Å². The third-order valence-corrected chi connectivity index (χ3v) is 3.74. The molecule has 0 bridgehead atoms. The van der Waals surface area contributed by atoms with Crippen LogP contribution in [0, 0.1) is 6.92 Å². The lowest BCUT2D eigenvalue weighted by Crippen LogP contribution is -2.27. The Morgan fingerprint density at radius 1 is 1.65 bits per heavy atom. The fourth-order valence-corrected chi connectivity index (χ4v) is 2.71. The fraction of sp³-hybridized carbons (Fsp3) is 0.636. The number of hydrogen-bond acceptors (Lipinski definition) is 5. The van der Waals surface area contributed by atoms with E-state index < -0.39 is 5.97 Å². The Labute approximate surface area is 104 Å². The van der Waals surface area contributed by atoms with Crippen molar-refractivity contribution in [2.75, 3.05) is 18.5 Å². The lowest BCUT2D eigenvalue weighted by Gasteiger charge is -2.22. The molecule has 1 aliphatic rings. The molecule has 1 aromatic rings. The Balaban J connectivity index is 1.96. The number of carboxylic acid groups (broad SMARTS) is 1. The number of carboxylic acids is 1. The predicted octanol–water partition coefficient (Wildman–Crippen LogP) is 2.13. The summed E-state index contributed by atoms with van der Waals surface area (Å²) in [6.45, 7) is 3.17. The van der Waals surface area contributed by atoms with Crippen LogP contribution >= 0.6 is 11.5 Å². The average Bonchev–Trinajstić information content (AvgIpc) is 2.69. The summed E-state index contributed by atoms with van der Waals surface area (Å²) in [4.78, 5) is 11.1. The van der Waals surface area contributed by atoms with Gasteiger partial charge in [-0.15, -0.1) is 0 Å².